The van der Waals surface area contributed by atoms with E-state index in [1.165, 1.54) is 0 Å². The molecule has 0 aromatic carbocycles. The largest absolute Gasteiger partial charge is 0.370 e. The number of rotatable bonds is 6. The van der Waals surface area contributed by atoms with Crippen LogP contribution < -0.4 is 0 Å². The summed E-state index contributed by atoms with van der Waals surface area (Å²) in [5, 5.41) is 0. The van der Waals surface area contributed by atoms with E-state index in [1.807, 2.05) is 0 Å². The van der Waals surface area contributed by atoms with Gasteiger partial charge in [0.05, 0.1) is 5.75 Å². The molecular formula is C7H14N2O2S. The lowest BCUT2D eigenvalue weighted by molar-refractivity contribution is 0.00754. The Morgan fingerprint density at radius 2 is 2.00 bits per heavy atom. The van der Waals surface area contributed by atoms with Crippen LogP contribution in [-0.2, 0) is 9.84 Å². The molecule has 0 heterocycles. The Balaban J connectivity index is 3.70. The van der Waals surface area contributed by atoms with Gasteiger partial charge in [0.15, 0.2) is 0 Å². The molecule has 0 aliphatic rings. The minimum Gasteiger partial charge on any atom is -0.361 e. The van der Waals surface area contributed by atoms with Crippen molar-refractivity contribution in [2.45, 2.75) is 32.6 Å². The first kappa shape index (κ1) is 11.3. The number of sulfone groups is 1. The zero-order chi connectivity index (χ0) is 9.45. The van der Waals surface area contributed by atoms with Crippen molar-refractivity contribution < 1.29 is 13.2 Å². The molecule has 0 aromatic heterocycles. The molecule has 0 atom stereocenters. The number of hydrogen-bond acceptors (Lipinski definition) is 2. The van der Waals surface area contributed by atoms with E-state index in [4.69, 9.17) is 5.53 Å². The Labute approximate surface area is 73.1 Å². The van der Waals surface area contributed by atoms with Crippen LogP contribution in [0, 0.1) is 0 Å². The molecule has 0 rings (SSSR count). The van der Waals surface area contributed by atoms with Gasteiger partial charge in [-0.05, 0) is 6.42 Å². The van der Waals surface area contributed by atoms with Crippen LogP contribution in [0.4, 0.5) is 0 Å². The molecule has 0 unspecified atom stereocenters. The number of unbranched alkanes of at least 4 members (excludes halogenated alkanes) is 3. The van der Waals surface area contributed by atoms with Gasteiger partial charge in [-0.25, -0.2) is 8.42 Å². The lowest BCUT2D eigenvalue weighted by Gasteiger charge is -1.94. The zero-order valence-corrected chi connectivity index (χ0v) is 8.05. The van der Waals surface area contributed by atoms with Crippen LogP contribution in [0.15, 0.2) is 0 Å². The molecule has 4 nitrogen and oxygen atoms in total. The monoisotopic (exact) mass is 190 g/mol. The molecule has 0 aliphatic carbocycles. The van der Waals surface area contributed by atoms with Crippen molar-refractivity contribution in [2.75, 3.05) is 5.75 Å². The molecule has 0 fully saturated rings. The molecule has 70 valence electrons. The van der Waals surface area contributed by atoms with Gasteiger partial charge in [0.1, 0.15) is 0 Å². The quantitative estimate of drug-likeness (QED) is 0.208. The molecule has 0 bridgehead atoms. The maximum absolute atomic E-state index is 10.9. The minimum absolute atomic E-state index is 0.0804. The summed E-state index contributed by atoms with van der Waals surface area (Å²) in [6, 6.07) is 0. The second-order valence-corrected chi connectivity index (χ2v) is 4.59. The SMILES string of the molecule is CCCCCCS(=O)(=O)C=[N+]=[N-]. The Kier molecular flexibility index (Phi) is 5.58. The highest BCUT2D eigenvalue weighted by atomic mass is 32.2. The molecule has 0 N–H and O–H groups in total. The van der Waals surface area contributed by atoms with Gasteiger partial charge in [-0.2, -0.15) is 4.79 Å². The van der Waals surface area contributed by atoms with Crippen LogP contribution >= 0.6 is 0 Å². The lowest BCUT2D eigenvalue weighted by Crippen LogP contribution is -2.07. The lowest BCUT2D eigenvalue weighted by atomic mass is 10.2. The average Bonchev–Trinajstić information content (AvgIpc) is 1.98. The van der Waals surface area contributed by atoms with Crippen molar-refractivity contribution in [1.29, 1.82) is 0 Å². The van der Waals surface area contributed by atoms with Crippen LogP contribution in [0.25, 0.3) is 5.53 Å². The van der Waals surface area contributed by atoms with E-state index in [9.17, 15) is 8.42 Å². The molecular weight excluding hydrogens is 176 g/mol. The molecule has 5 heteroatoms. The van der Waals surface area contributed by atoms with Crippen LogP contribution in [0.2, 0.25) is 0 Å². The van der Waals surface area contributed by atoms with E-state index in [-0.39, 0.29) is 5.75 Å². The highest BCUT2D eigenvalue weighted by Crippen LogP contribution is 2.00. The van der Waals surface area contributed by atoms with Crippen molar-refractivity contribution in [1.82, 2.24) is 0 Å². The Morgan fingerprint density at radius 3 is 2.50 bits per heavy atom. The molecule has 0 saturated carbocycles. The Hall–Kier alpha value is -0.670. The maximum Gasteiger partial charge on any atom is 0.370 e. The molecule has 0 spiro atoms. The van der Waals surface area contributed by atoms with Crippen molar-refractivity contribution in [2.24, 2.45) is 0 Å². The standard InChI is InChI=1S/C7H14N2O2S/c1-2-3-4-5-6-12(10,11)7-9-8/h7H,2-6H2,1H3. The van der Waals surface area contributed by atoms with Gasteiger partial charge in [-0.1, -0.05) is 26.2 Å². The third kappa shape index (κ3) is 6.07. The number of nitrogens with zero attached hydrogens (tertiary/aromatic N) is 2. The van der Waals surface area contributed by atoms with Crippen LogP contribution in [-0.4, -0.2) is 24.5 Å². The molecule has 12 heavy (non-hydrogen) atoms. The van der Waals surface area contributed by atoms with E-state index < -0.39 is 9.84 Å². The van der Waals surface area contributed by atoms with Crippen LogP contribution in [0.5, 0.6) is 0 Å². The summed E-state index contributed by atoms with van der Waals surface area (Å²) in [7, 11) is -3.25. The fourth-order valence-electron chi connectivity index (χ4n) is 0.855. The van der Waals surface area contributed by atoms with Gasteiger partial charge >= 0.3 is 5.55 Å². The van der Waals surface area contributed by atoms with Crippen molar-refractivity contribution >= 4 is 15.4 Å². The summed E-state index contributed by atoms with van der Waals surface area (Å²) in [5.41, 5.74) is 8.59. The minimum atomic E-state index is -3.25. The first-order valence-electron chi connectivity index (χ1n) is 4.02. The van der Waals surface area contributed by atoms with Crippen molar-refractivity contribution in [3.05, 3.63) is 5.53 Å². The summed E-state index contributed by atoms with van der Waals surface area (Å²) in [4.78, 5) is 2.49. The van der Waals surface area contributed by atoms with E-state index in [0.717, 1.165) is 19.3 Å². The third-order valence-corrected chi connectivity index (χ3v) is 2.76. The molecule has 0 aromatic rings. The average molecular weight is 190 g/mol. The van der Waals surface area contributed by atoms with Gasteiger partial charge in [-0.3, -0.25) is 0 Å². The fraction of sp³-hybridized carbons (Fsp3) is 0.857. The van der Waals surface area contributed by atoms with Crippen molar-refractivity contribution in [3.63, 3.8) is 0 Å². The topological polar surface area (TPSA) is 70.5 Å². The van der Waals surface area contributed by atoms with E-state index in [2.05, 4.69) is 11.7 Å². The highest BCUT2D eigenvalue weighted by Gasteiger charge is 2.10. The van der Waals surface area contributed by atoms with Gasteiger partial charge in [0.2, 0.25) is 9.84 Å². The smallest absolute Gasteiger partial charge is 0.361 e. The summed E-state index contributed by atoms with van der Waals surface area (Å²) in [6.07, 6.45) is 3.68. The Morgan fingerprint density at radius 1 is 1.33 bits per heavy atom. The second-order valence-electron chi connectivity index (χ2n) is 2.65. The first-order chi connectivity index (χ1) is 5.62. The van der Waals surface area contributed by atoms with Gasteiger partial charge in [-0.15, -0.1) is 0 Å². The molecule has 0 aliphatic heterocycles. The van der Waals surface area contributed by atoms with E-state index >= 15 is 0 Å². The first-order valence-corrected chi connectivity index (χ1v) is 5.74. The second kappa shape index (κ2) is 5.91. The predicted octanol–water partition coefficient (Wildman–Crippen LogP) is 1.24. The van der Waals surface area contributed by atoms with Crippen LogP contribution in [0.3, 0.4) is 0 Å². The normalized spacial score (nSPS) is 10.8. The summed E-state index contributed by atoms with van der Waals surface area (Å²) in [5.74, 6) is 0.0804. The summed E-state index contributed by atoms with van der Waals surface area (Å²) in [6.45, 7) is 2.06. The van der Waals surface area contributed by atoms with Crippen molar-refractivity contribution in [3.8, 4) is 0 Å². The van der Waals surface area contributed by atoms with E-state index in [0.29, 0.717) is 12.0 Å². The summed E-state index contributed by atoms with van der Waals surface area (Å²) >= 11 is 0. The zero-order valence-electron chi connectivity index (χ0n) is 7.23. The van der Waals surface area contributed by atoms with Gasteiger partial charge in [0.25, 0.3) is 0 Å². The fourth-order valence-corrected chi connectivity index (χ4v) is 1.71. The Bertz CT molecular complexity index is 253. The molecule has 0 radical (unpaired) electrons. The van der Waals surface area contributed by atoms with Gasteiger partial charge in [0, 0.05) is 0 Å². The third-order valence-electron chi connectivity index (χ3n) is 1.49. The number of hydrogen-bond donors (Lipinski definition) is 0. The van der Waals surface area contributed by atoms with Gasteiger partial charge < -0.3 is 5.53 Å². The predicted molar refractivity (Wildman–Crippen MR) is 47.6 cm³/mol. The highest BCUT2D eigenvalue weighted by molar-refractivity contribution is 8.04. The molecule has 0 amide bonds. The van der Waals surface area contributed by atoms with Crippen LogP contribution in [0.1, 0.15) is 32.6 Å². The molecule has 0 saturated heterocycles. The van der Waals surface area contributed by atoms with E-state index in [1.54, 1.807) is 0 Å². The summed E-state index contributed by atoms with van der Waals surface area (Å²) < 4.78 is 21.8. The maximum atomic E-state index is 10.9.